The van der Waals surface area contributed by atoms with Crippen molar-refractivity contribution in [1.29, 1.82) is 5.26 Å². The first kappa shape index (κ1) is 20.9. The lowest BCUT2D eigenvalue weighted by molar-refractivity contribution is 0.0463. The van der Waals surface area contributed by atoms with E-state index in [1.165, 1.54) is 16.4 Å². The molecule has 0 bridgehead atoms. The predicted octanol–water partition coefficient (Wildman–Crippen LogP) is 2.21. The first-order valence-electron chi connectivity index (χ1n) is 8.56. The van der Waals surface area contributed by atoms with Crippen LogP contribution in [0.2, 0.25) is 0 Å². The van der Waals surface area contributed by atoms with Gasteiger partial charge in [0, 0.05) is 18.7 Å². The van der Waals surface area contributed by atoms with Crippen molar-refractivity contribution in [3.8, 4) is 6.07 Å². The number of halogens is 2. The number of carbonyl (C=O) groups excluding carboxylic acids is 1. The molecule has 0 spiro atoms. The monoisotopic (exact) mass is 422 g/mol. The zero-order valence-corrected chi connectivity index (χ0v) is 15.9. The molecule has 10 heteroatoms. The van der Waals surface area contributed by atoms with Crippen molar-refractivity contribution < 1.29 is 31.5 Å². The van der Waals surface area contributed by atoms with Gasteiger partial charge in [0.15, 0.2) is 0 Å². The van der Waals surface area contributed by atoms with Crippen LogP contribution in [-0.4, -0.2) is 45.0 Å². The summed E-state index contributed by atoms with van der Waals surface area (Å²) >= 11 is 0. The van der Waals surface area contributed by atoms with Gasteiger partial charge in [0.1, 0.15) is 18.2 Å². The molecule has 152 valence electrons. The van der Waals surface area contributed by atoms with Crippen molar-refractivity contribution in [3.63, 3.8) is 0 Å². The Morgan fingerprint density at radius 3 is 2.52 bits per heavy atom. The second-order valence-corrected chi connectivity index (χ2v) is 8.09. The number of rotatable bonds is 5. The smallest absolute Gasteiger partial charge is 0.341 e. The summed E-state index contributed by atoms with van der Waals surface area (Å²) in [5.74, 6) is -2.81. The molecule has 2 aromatic rings. The number of hydrogen-bond acceptors (Lipinski definition) is 6. The number of ether oxygens (including phenoxy) is 2. The number of carbonyl (C=O) groups is 1. The van der Waals surface area contributed by atoms with Crippen molar-refractivity contribution in [2.75, 3.05) is 26.3 Å². The quantitative estimate of drug-likeness (QED) is 0.686. The van der Waals surface area contributed by atoms with Crippen molar-refractivity contribution in [1.82, 2.24) is 4.31 Å². The lowest BCUT2D eigenvalue weighted by atomic mass is 10.1. The Balaban J connectivity index is 1.81. The Kier molecular flexibility index (Phi) is 6.22. The summed E-state index contributed by atoms with van der Waals surface area (Å²) in [6, 6.07) is 8.17. The van der Waals surface area contributed by atoms with Crippen LogP contribution in [0, 0.1) is 23.0 Å². The largest absolute Gasteiger partial charge is 0.457 e. The molecule has 3 rings (SSSR count). The Morgan fingerprint density at radius 2 is 1.83 bits per heavy atom. The molecule has 1 aliphatic heterocycles. The van der Waals surface area contributed by atoms with Gasteiger partial charge in [-0.15, -0.1) is 0 Å². The van der Waals surface area contributed by atoms with E-state index in [2.05, 4.69) is 0 Å². The lowest BCUT2D eigenvalue weighted by Crippen LogP contribution is -2.40. The molecule has 0 atom stereocenters. The fourth-order valence-corrected chi connectivity index (χ4v) is 4.17. The van der Waals surface area contributed by atoms with Crippen LogP contribution in [0.3, 0.4) is 0 Å². The summed E-state index contributed by atoms with van der Waals surface area (Å²) in [5, 5.41) is 8.86. The van der Waals surface area contributed by atoms with Crippen LogP contribution >= 0.6 is 0 Å². The number of benzene rings is 2. The second-order valence-electron chi connectivity index (χ2n) is 6.15. The first-order chi connectivity index (χ1) is 13.8. The molecule has 2 aromatic carbocycles. The third kappa shape index (κ3) is 4.59. The van der Waals surface area contributed by atoms with Crippen LogP contribution in [0.15, 0.2) is 41.3 Å². The number of hydrogen-bond donors (Lipinski definition) is 0. The summed E-state index contributed by atoms with van der Waals surface area (Å²) < 4.78 is 64.5. The van der Waals surface area contributed by atoms with Gasteiger partial charge in [-0.05, 0) is 36.4 Å². The number of nitriles is 1. The molecule has 29 heavy (non-hydrogen) atoms. The highest BCUT2D eigenvalue weighted by Gasteiger charge is 2.28. The minimum atomic E-state index is -3.93. The summed E-state index contributed by atoms with van der Waals surface area (Å²) in [6.45, 7) is 0.230. The molecule has 0 unspecified atom stereocenters. The Morgan fingerprint density at radius 1 is 1.14 bits per heavy atom. The van der Waals surface area contributed by atoms with Crippen LogP contribution in [0.4, 0.5) is 8.78 Å². The van der Waals surface area contributed by atoms with Crippen molar-refractivity contribution in [2.45, 2.75) is 11.5 Å². The molecule has 0 saturated carbocycles. The zero-order valence-electron chi connectivity index (χ0n) is 15.1. The van der Waals surface area contributed by atoms with E-state index < -0.39 is 39.8 Å². The number of esters is 1. The van der Waals surface area contributed by atoms with Crippen molar-refractivity contribution in [2.24, 2.45) is 0 Å². The standard InChI is InChI=1S/C19H16F2N2O5S/c20-17-3-1-13(11-22)9-14(17)12-28-19(24)16-10-15(2-4-18(16)21)29(25,26)23-5-7-27-8-6-23/h1-4,9-10H,5-8,12H2. The molecule has 1 aliphatic rings. The van der Waals surface area contributed by atoms with Gasteiger partial charge >= 0.3 is 5.97 Å². The van der Waals surface area contributed by atoms with Crippen molar-refractivity contribution in [3.05, 3.63) is 64.7 Å². The lowest BCUT2D eigenvalue weighted by Gasteiger charge is -2.26. The fourth-order valence-electron chi connectivity index (χ4n) is 2.73. The minimum absolute atomic E-state index is 0.0603. The topological polar surface area (TPSA) is 96.7 Å². The maximum absolute atomic E-state index is 14.1. The summed E-state index contributed by atoms with van der Waals surface area (Å²) in [5.41, 5.74) is -0.478. The molecule has 7 nitrogen and oxygen atoms in total. The second kappa shape index (κ2) is 8.65. The summed E-state index contributed by atoms with van der Waals surface area (Å²) in [7, 11) is -3.93. The van der Waals surface area contributed by atoms with Crippen LogP contribution in [0.1, 0.15) is 21.5 Å². The highest BCUT2D eigenvalue weighted by atomic mass is 32.2. The van der Waals surface area contributed by atoms with Gasteiger partial charge in [0.25, 0.3) is 0 Å². The van der Waals surface area contributed by atoms with E-state index in [1.54, 1.807) is 0 Å². The molecule has 0 aromatic heterocycles. The molecule has 1 heterocycles. The number of morpholine rings is 1. The summed E-state index contributed by atoms with van der Waals surface area (Å²) in [4.78, 5) is 12.0. The summed E-state index contributed by atoms with van der Waals surface area (Å²) in [6.07, 6.45) is 0. The Bertz CT molecular complexity index is 1080. The van der Waals surface area contributed by atoms with E-state index in [4.69, 9.17) is 14.7 Å². The molecule has 1 fully saturated rings. The highest BCUT2D eigenvalue weighted by molar-refractivity contribution is 7.89. The van der Waals surface area contributed by atoms with Crippen LogP contribution in [0.5, 0.6) is 0 Å². The minimum Gasteiger partial charge on any atom is -0.457 e. The fraction of sp³-hybridized carbons (Fsp3) is 0.263. The molecule has 0 amide bonds. The molecule has 0 aliphatic carbocycles. The third-order valence-electron chi connectivity index (χ3n) is 4.30. The van der Waals surface area contributed by atoms with Crippen LogP contribution in [0.25, 0.3) is 0 Å². The van der Waals surface area contributed by atoms with Gasteiger partial charge in [-0.1, -0.05) is 0 Å². The predicted molar refractivity (Wildman–Crippen MR) is 96.2 cm³/mol. The van der Waals surface area contributed by atoms with Crippen LogP contribution in [-0.2, 0) is 26.1 Å². The highest BCUT2D eigenvalue weighted by Crippen LogP contribution is 2.21. The van der Waals surface area contributed by atoms with E-state index in [0.717, 1.165) is 24.3 Å². The van der Waals surface area contributed by atoms with Gasteiger partial charge in [-0.3, -0.25) is 0 Å². The van der Waals surface area contributed by atoms with Gasteiger partial charge in [0.2, 0.25) is 10.0 Å². The first-order valence-corrected chi connectivity index (χ1v) is 10.00. The zero-order chi connectivity index (χ0) is 21.0. The van der Waals surface area contributed by atoms with E-state index >= 15 is 0 Å². The average Bonchev–Trinajstić information content (AvgIpc) is 2.73. The van der Waals surface area contributed by atoms with E-state index in [0.29, 0.717) is 0 Å². The molecular weight excluding hydrogens is 406 g/mol. The van der Waals surface area contributed by atoms with Gasteiger partial charge in [-0.2, -0.15) is 9.57 Å². The molecule has 1 saturated heterocycles. The molecule has 0 radical (unpaired) electrons. The molecule has 0 N–H and O–H groups in total. The van der Waals surface area contributed by atoms with Gasteiger partial charge in [-0.25, -0.2) is 22.0 Å². The maximum atomic E-state index is 14.1. The van der Waals surface area contributed by atoms with Crippen LogP contribution < -0.4 is 0 Å². The maximum Gasteiger partial charge on any atom is 0.341 e. The third-order valence-corrected chi connectivity index (χ3v) is 6.19. The number of nitrogens with zero attached hydrogens (tertiary/aromatic N) is 2. The SMILES string of the molecule is N#Cc1ccc(F)c(COC(=O)c2cc(S(=O)(=O)N3CCOCC3)ccc2F)c1. The van der Waals surface area contributed by atoms with E-state index in [9.17, 15) is 22.0 Å². The van der Waals surface area contributed by atoms with Gasteiger partial charge in [0.05, 0.1) is 35.3 Å². The molecular formula is C19H16F2N2O5S. The van der Waals surface area contributed by atoms with Crippen molar-refractivity contribution >= 4 is 16.0 Å². The van der Waals surface area contributed by atoms with E-state index in [-0.39, 0.29) is 42.3 Å². The normalized spacial score (nSPS) is 14.9. The average molecular weight is 422 g/mol. The Hall–Kier alpha value is -2.87. The van der Waals surface area contributed by atoms with E-state index in [1.807, 2.05) is 6.07 Å². The Labute approximate surface area is 166 Å². The number of sulfonamides is 1. The van der Waals surface area contributed by atoms with Gasteiger partial charge < -0.3 is 9.47 Å².